The van der Waals surface area contributed by atoms with Crippen LogP contribution >= 0.6 is 11.6 Å². The average molecular weight is 249 g/mol. The summed E-state index contributed by atoms with van der Waals surface area (Å²) >= 11 is 5.85. The van der Waals surface area contributed by atoms with Gasteiger partial charge >= 0.3 is 0 Å². The van der Waals surface area contributed by atoms with Crippen LogP contribution in [-0.2, 0) is 0 Å². The third-order valence-electron chi connectivity index (χ3n) is 2.18. The number of aromatic amines is 1. The first-order valence-electron chi connectivity index (χ1n) is 5.17. The van der Waals surface area contributed by atoms with E-state index in [0.717, 1.165) is 16.9 Å². The molecule has 88 valence electrons. The van der Waals surface area contributed by atoms with Crippen LogP contribution in [0.1, 0.15) is 0 Å². The SMILES string of the molecule is CN(C)C=Nc1cn[nH]c1-c1ccc(Cl)cc1. The van der Waals surface area contributed by atoms with Crippen LogP contribution < -0.4 is 0 Å². The normalized spacial score (nSPS) is 11.0. The summed E-state index contributed by atoms with van der Waals surface area (Å²) in [5.74, 6) is 0. The van der Waals surface area contributed by atoms with Crippen molar-refractivity contribution < 1.29 is 0 Å². The Morgan fingerprint density at radius 3 is 2.65 bits per heavy atom. The number of nitrogens with zero attached hydrogens (tertiary/aromatic N) is 3. The second-order valence-corrected chi connectivity index (χ2v) is 4.28. The number of aliphatic imine (C=N–C) groups is 1. The third-order valence-corrected chi connectivity index (χ3v) is 2.43. The fourth-order valence-electron chi connectivity index (χ4n) is 1.38. The number of hydrogen-bond donors (Lipinski definition) is 1. The molecule has 0 fully saturated rings. The van der Waals surface area contributed by atoms with E-state index in [1.165, 1.54) is 0 Å². The Morgan fingerprint density at radius 2 is 2.00 bits per heavy atom. The molecule has 0 unspecified atom stereocenters. The molecule has 2 aromatic rings. The molecular formula is C12H13ClN4. The van der Waals surface area contributed by atoms with Crippen LogP contribution in [0.5, 0.6) is 0 Å². The van der Waals surface area contributed by atoms with Crippen LogP contribution in [0, 0.1) is 0 Å². The number of benzene rings is 1. The van der Waals surface area contributed by atoms with Gasteiger partial charge in [-0.3, -0.25) is 5.10 Å². The van der Waals surface area contributed by atoms with Gasteiger partial charge in [-0.1, -0.05) is 23.7 Å². The van der Waals surface area contributed by atoms with Crippen molar-refractivity contribution >= 4 is 23.6 Å². The Hall–Kier alpha value is -1.81. The summed E-state index contributed by atoms with van der Waals surface area (Å²) in [6, 6.07) is 7.56. The lowest BCUT2D eigenvalue weighted by Gasteiger charge is -2.03. The van der Waals surface area contributed by atoms with Gasteiger partial charge < -0.3 is 4.90 Å². The lowest BCUT2D eigenvalue weighted by atomic mass is 10.1. The molecule has 0 saturated carbocycles. The van der Waals surface area contributed by atoms with Gasteiger partial charge in [0.15, 0.2) is 0 Å². The summed E-state index contributed by atoms with van der Waals surface area (Å²) in [7, 11) is 3.84. The Bertz CT molecular complexity index is 514. The lowest BCUT2D eigenvalue weighted by Crippen LogP contribution is -2.06. The van der Waals surface area contributed by atoms with E-state index in [4.69, 9.17) is 11.6 Å². The first kappa shape index (κ1) is 11.7. The minimum absolute atomic E-state index is 0.714. The van der Waals surface area contributed by atoms with Crippen molar-refractivity contribution in [1.29, 1.82) is 0 Å². The number of hydrogen-bond acceptors (Lipinski definition) is 2. The van der Waals surface area contributed by atoms with Crippen molar-refractivity contribution in [2.75, 3.05) is 14.1 Å². The molecule has 0 radical (unpaired) electrons. The maximum atomic E-state index is 5.85. The van der Waals surface area contributed by atoms with Gasteiger partial charge in [-0.2, -0.15) is 5.10 Å². The minimum atomic E-state index is 0.714. The molecule has 1 aromatic carbocycles. The van der Waals surface area contributed by atoms with E-state index in [0.29, 0.717) is 5.02 Å². The van der Waals surface area contributed by atoms with E-state index in [1.54, 1.807) is 12.5 Å². The molecule has 0 atom stereocenters. The second kappa shape index (κ2) is 5.01. The molecule has 0 saturated heterocycles. The van der Waals surface area contributed by atoms with Crippen LogP contribution in [-0.4, -0.2) is 35.5 Å². The van der Waals surface area contributed by atoms with E-state index in [-0.39, 0.29) is 0 Å². The number of rotatable bonds is 3. The second-order valence-electron chi connectivity index (χ2n) is 3.85. The maximum Gasteiger partial charge on any atom is 0.110 e. The first-order chi connectivity index (χ1) is 8.16. The molecule has 4 nitrogen and oxygen atoms in total. The third kappa shape index (κ3) is 2.85. The monoisotopic (exact) mass is 248 g/mol. The molecule has 0 bridgehead atoms. The molecule has 0 spiro atoms. The molecule has 0 aliphatic carbocycles. The fourth-order valence-corrected chi connectivity index (χ4v) is 1.51. The Kier molecular flexibility index (Phi) is 3.44. The molecule has 1 heterocycles. The molecule has 2 rings (SSSR count). The highest BCUT2D eigenvalue weighted by Gasteiger charge is 2.06. The van der Waals surface area contributed by atoms with Gasteiger partial charge in [-0.15, -0.1) is 0 Å². The molecular weight excluding hydrogens is 236 g/mol. The van der Waals surface area contributed by atoms with Crippen LogP contribution in [0.25, 0.3) is 11.3 Å². The molecule has 0 aliphatic rings. The van der Waals surface area contributed by atoms with Crippen LogP contribution in [0.15, 0.2) is 35.5 Å². The van der Waals surface area contributed by atoms with Gasteiger partial charge in [0.2, 0.25) is 0 Å². The molecule has 1 aromatic heterocycles. The highest BCUT2D eigenvalue weighted by atomic mass is 35.5. The molecule has 1 N–H and O–H groups in total. The van der Waals surface area contributed by atoms with E-state index < -0.39 is 0 Å². The number of nitrogens with one attached hydrogen (secondary N) is 1. The zero-order valence-corrected chi connectivity index (χ0v) is 10.4. The average Bonchev–Trinajstić information content (AvgIpc) is 2.75. The van der Waals surface area contributed by atoms with Crippen LogP contribution in [0.3, 0.4) is 0 Å². The summed E-state index contributed by atoms with van der Waals surface area (Å²) in [4.78, 5) is 6.21. The van der Waals surface area contributed by atoms with Gasteiger partial charge in [0.05, 0.1) is 18.2 Å². The summed E-state index contributed by atoms with van der Waals surface area (Å²) < 4.78 is 0. The highest BCUT2D eigenvalue weighted by Crippen LogP contribution is 2.28. The van der Waals surface area contributed by atoms with Crippen LogP contribution in [0.4, 0.5) is 5.69 Å². The van der Waals surface area contributed by atoms with Crippen molar-refractivity contribution in [1.82, 2.24) is 15.1 Å². The molecule has 5 heteroatoms. The van der Waals surface area contributed by atoms with Crippen molar-refractivity contribution in [3.63, 3.8) is 0 Å². The molecule has 0 amide bonds. The summed E-state index contributed by atoms with van der Waals surface area (Å²) in [6.07, 6.45) is 3.44. The minimum Gasteiger partial charge on any atom is -0.369 e. The van der Waals surface area contributed by atoms with Crippen molar-refractivity contribution in [2.45, 2.75) is 0 Å². The van der Waals surface area contributed by atoms with Gasteiger partial charge in [0.1, 0.15) is 5.69 Å². The quantitative estimate of drug-likeness (QED) is 0.671. The van der Waals surface area contributed by atoms with Gasteiger partial charge in [-0.05, 0) is 12.1 Å². The van der Waals surface area contributed by atoms with E-state index in [9.17, 15) is 0 Å². The highest BCUT2D eigenvalue weighted by molar-refractivity contribution is 6.30. The predicted molar refractivity (Wildman–Crippen MR) is 70.9 cm³/mol. The molecule has 0 aliphatic heterocycles. The topological polar surface area (TPSA) is 44.3 Å². The zero-order chi connectivity index (χ0) is 12.3. The standard InChI is InChI=1S/C12H13ClN4/c1-17(2)8-14-11-7-15-16-12(11)9-3-5-10(13)6-4-9/h3-8H,1-2H3,(H,15,16). The van der Waals surface area contributed by atoms with E-state index >= 15 is 0 Å². The summed E-state index contributed by atoms with van der Waals surface area (Å²) in [6.45, 7) is 0. The van der Waals surface area contributed by atoms with E-state index in [1.807, 2.05) is 43.3 Å². The van der Waals surface area contributed by atoms with Gasteiger partial charge in [0.25, 0.3) is 0 Å². The number of halogens is 1. The number of aromatic nitrogens is 2. The maximum absolute atomic E-state index is 5.85. The largest absolute Gasteiger partial charge is 0.369 e. The predicted octanol–water partition coefficient (Wildman–Crippen LogP) is 2.95. The van der Waals surface area contributed by atoms with Crippen molar-refractivity contribution in [2.24, 2.45) is 4.99 Å². The van der Waals surface area contributed by atoms with Crippen molar-refractivity contribution in [3.05, 3.63) is 35.5 Å². The summed E-state index contributed by atoms with van der Waals surface area (Å²) in [5.41, 5.74) is 2.71. The fraction of sp³-hybridized carbons (Fsp3) is 0.167. The lowest BCUT2D eigenvalue weighted by molar-refractivity contribution is 0.643. The summed E-state index contributed by atoms with van der Waals surface area (Å²) in [5, 5.41) is 7.66. The van der Waals surface area contributed by atoms with Gasteiger partial charge in [0, 0.05) is 24.7 Å². The van der Waals surface area contributed by atoms with Crippen LogP contribution in [0.2, 0.25) is 5.02 Å². The molecule has 17 heavy (non-hydrogen) atoms. The van der Waals surface area contributed by atoms with Gasteiger partial charge in [-0.25, -0.2) is 4.99 Å². The first-order valence-corrected chi connectivity index (χ1v) is 5.54. The Balaban J connectivity index is 2.33. The smallest absolute Gasteiger partial charge is 0.110 e. The Labute approximate surface area is 105 Å². The Morgan fingerprint density at radius 1 is 1.29 bits per heavy atom. The van der Waals surface area contributed by atoms with E-state index in [2.05, 4.69) is 15.2 Å². The number of H-pyrrole nitrogens is 1. The van der Waals surface area contributed by atoms with Crippen molar-refractivity contribution in [3.8, 4) is 11.3 Å². The zero-order valence-electron chi connectivity index (χ0n) is 9.68.